The quantitative estimate of drug-likeness (QED) is 0.894. The summed E-state index contributed by atoms with van der Waals surface area (Å²) >= 11 is 0. The van der Waals surface area contributed by atoms with Crippen LogP contribution < -0.4 is 10.1 Å². The van der Waals surface area contributed by atoms with Crippen LogP contribution in [0, 0.1) is 0 Å². The molecule has 1 aliphatic heterocycles. The van der Waals surface area contributed by atoms with Gasteiger partial charge in [0, 0.05) is 25.7 Å². The van der Waals surface area contributed by atoms with Gasteiger partial charge in [0.25, 0.3) is 0 Å². The van der Waals surface area contributed by atoms with Crippen LogP contribution in [0.5, 0.6) is 5.75 Å². The molecule has 0 spiro atoms. The van der Waals surface area contributed by atoms with E-state index in [1.165, 1.54) is 0 Å². The molecule has 1 atom stereocenters. The second-order valence-corrected chi connectivity index (χ2v) is 6.88. The molecule has 1 unspecified atom stereocenters. The van der Waals surface area contributed by atoms with Crippen LogP contribution >= 0.6 is 0 Å². The Bertz CT molecular complexity index is 528. The summed E-state index contributed by atoms with van der Waals surface area (Å²) in [6.07, 6.45) is 0.929. The van der Waals surface area contributed by atoms with E-state index in [1.807, 2.05) is 13.8 Å². The van der Waals surface area contributed by atoms with Crippen molar-refractivity contribution in [1.82, 2.24) is 9.62 Å². The van der Waals surface area contributed by atoms with E-state index >= 15 is 0 Å². The van der Waals surface area contributed by atoms with Gasteiger partial charge in [-0.1, -0.05) is 6.92 Å². The number of nitrogens with one attached hydrogen (secondary N) is 1. The van der Waals surface area contributed by atoms with Crippen LogP contribution in [0.2, 0.25) is 0 Å². The fourth-order valence-corrected chi connectivity index (χ4v) is 3.87. The van der Waals surface area contributed by atoms with Gasteiger partial charge in [-0.05, 0) is 37.6 Å². The molecule has 1 saturated heterocycles. The molecule has 1 N–H and O–H groups in total. The average molecular weight is 298 g/mol. The summed E-state index contributed by atoms with van der Waals surface area (Å²) in [6.45, 7) is 6.49. The van der Waals surface area contributed by atoms with E-state index in [2.05, 4.69) is 5.32 Å². The van der Waals surface area contributed by atoms with Crippen molar-refractivity contribution in [2.45, 2.75) is 31.2 Å². The second-order valence-electron chi connectivity index (χ2n) is 4.99. The minimum Gasteiger partial charge on any atom is -0.494 e. The van der Waals surface area contributed by atoms with Crippen molar-refractivity contribution in [1.29, 1.82) is 0 Å². The molecule has 1 aliphatic rings. The number of ether oxygens (including phenoxy) is 1. The summed E-state index contributed by atoms with van der Waals surface area (Å²) < 4.78 is 32.2. The molecule has 0 bridgehead atoms. The number of sulfonamides is 1. The van der Waals surface area contributed by atoms with Crippen LogP contribution in [0.25, 0.3) is 0 Å². The lowest BCUT2D eigenvalue weighted by Gasteiger charge is -2.32. The maximum Gasteiger partial charge on any atom is 0.243 e. The molecule has 2 rings (SSSR count). The lowest BCUT2D eigenvalue weighted by Crippen LogP contribution is -2.52. The predicted octanol–water partition coefficient (Wildman–Crippen LogP) is 1.46. The van der Waals surface area contributed by atoms with Gasteiger partial charge in [0.2, 0.25) is 10.0 Å². The molecule has 20 heavy (non-hydrogen) atoms. The second kappa shape index (κ2) is 6.56. The number of piperazine rings is 1. The summed E-state index contributed by atoms with van der Waals surface area (Å²) in [7, 11) is -3.41. The maximum atomic E-state index is 12.6. The highest BCUT2D eigenvalue weighted by Gasteiger charge is 2.30. The Kier molecular flexibility index (Phi) is 5.01. The van der Waals surface area contributed by atoms with Crippen molar-refractivity contribution in [2.75, 3.05) is 26.2 Å². The van der Waals surface area contributed by atoms with Crippen LogP contribution in [-0.2, 0) is 10.0 Å². The monoisotopic (exact) mass is 298 g/mol. The first-order valence-corrected chi connectivity index (χ1v) is 8.45. The van der Waals surface area contributed by atoms with Crippen LogP contribution in [0.1, 0.15) is 20.3 Å². The zero-order valence-electron chi connectivity index (χ0n) is 12.0. The minimum absolute atomic E-state index is 0.0234. The molecule has 5 nitrogen and oxygen atoms in total. The van der Waals surface area contributed by atoms with Crippen molar-refractivity contribution >= 4 is 10.0 Å². The minimum atomic E-state index is -3.41. The number of benzene rings is 1. The van der Waals surface area contributed by atoms with Crippen LogP contribution in [0.4, 0.5) is 0 Å². The van der Waals surface area contributed by atoms with Crippen molar-refractivity contribution < 1.29 is 13.2 Å². The summed E-state index contributed by atoms with van der Waals surface area (Å²) in [6, 6.07) is 6.65. The first-order valence-electron chi connectivity index (χ1n) is 7.01. The number of rotatable bonds is 5. The molecule has 0 radical (unpaired) electrons. The Morgan fingerprint density at radius 2 is 2.05 bits per heavy atom. The Hall–Kier alpha value is -1.11. The Balaban J connectivity index is 2.16. The molecule has 1 aromatic rings. The van der Waals surface area contributed by atoms with Crippen molar-refractivity contribution in [2.24, 2.45) is 0 Å². The van der Waals surface area contributed by atoms with Crippen molar-refractivity contribution in [3.05, 3.63) is 24.3 Å². The molecular weight excluding hydrogens is 276 g/mol. The van der Waals surface area contributed by atoms with Crippen molar-refractivity contribution in [3.63, 3.8) is 0 Å². The predicted molar refractivity (Wildman–Crippen MR) is 78.5 cm³/mol. The standard InChI is InChI=1S/C14H22N2O3S/c1-3-10-19-13-4-6-14(7-5-13)20(17,18)16-9-8-15-11-12(16)2/h4-7,12,15H,3,8-11H2,1-2H3. The normalized spacial score (nSPS) is 20.8. The number of nitrogens with zero attached hydrogens (tertiary/aromatic N) is 1. The third kappa shape index (κ3) is 3.31. The first kappa shape index (κ1) is 15.3. The topological polar surface area (TPSA) is 58.6 Å². The summed E-state index contributed by atoms with van der Waals surface area (Å²) in [5.41, 5.74) is 0. The van der Waals surface area contributed by atoms with Crippen molar-refractivity contribution in [3.8, 4) is 5.75 Å². The lowest BCUT2D eigenvalue weighted by molar-refractivity contribution is 0.284. The number of hydrogen-bond acceptors (Lipinski definition) is 4. The smallest absolute Gasteiger partial charge is 0.243 e. The highest BCUT2D eigenvalue weighted by Crippen LogP contribution is 2.22. The molecule has 0 aliphatic carbocycles. The summed E-state index contributed by atoms with van der Waals surface area (Å²) in [5, 5.41) is 3.19. The van der Waals surface area contributed by atoms with Gasteiger partial charge in [0.05, 0.1) is 11.5 Å². The van der Waals surface area contributed by atoms with E-state index in [9.17, 15) is 8.42 Å². The van der Waals surface area contributed by atoms with Gasteiger partial charge in [-0.25, -0.2) is 8.42 Å². The largest absolute Gasteiger partial charge is 0.494 e. The fourth-order valence-electron chi connectivity index (χ4n) is 2.24. The van der Waals surface area contributed by atoms with Gasteiger partial charge in [0.1, 0.15) is 5.75 Å². The van der Waals surface area contributed by atoms with Gasteiger partial charge >= 0.3 is 0 Å². The van der Waals surface area contributed by atoms with E-state index in [0.29, 0.717) is 36.9 Å². The van der Waals surface area contributed by atoms with E-state index in [4.69, 9.17) is 4.74 Å². The molecular formula is C14H22N2O3S. The van der Waals surface area contributed by atoms with E-state index in [-0.39, 0.29) is 6.04 Å². The molecule has 6 heteroatoms. The van der Waals surface area contributed by atoms with Crippen LogP contribution in [0.3, 0.4) is 0 Å². The van der Waals surface area contributed by atoms with E-state index in [0.717, 1.165) is 6.42 Å². The van der Waals surface area contributed by atoms with E-state index in [1.54, 1.807) is 28.6 Å². The third-order valence-electron chi connectivity index (χ3n) is 3.34. The fraction of sp³-hybridized carbons (Fsp3) is 0.571. The molecule has 1 heterocycles. The summed E-state index contributed by atoms with van der Waals surface area (Å²) in [5.74, 6) is 0.708. The molecule has 0 amide bonds. The molecule has 1 aromatic carbocycles. The Morgan fingerprint density at radius 3 is 2.65 bits per heavy atom. The van der Waals surface area contributed by atoms with Gasteiger partial charge in [-0.3, -0.25) is 0 Å². The van der Waals surface area contributed by atoms with E-state index < -0.39 is 10.0 Å². The molecule has 1 fully saturated rings. The first-order chi connectivity index (χ1) is 9.55. The van der Waals surface area contributed by atoms with Crippen LogP contribution in [-0.4, -0.2) is 45.0 Å². The highest BCUT2D eigenvalue weighted by molar-refractivity contribution is 7.89. The average Bonchev–Trinajstić information content (AvgIpc) is 2.46. The van der Waals surface area contributed by atoms with Gasteiger partial charge < -0.3 is 10.1 Å². The van der Waals surface area contributed by atoms with Crippen LogP contribution in [0.15, 0.2) is 29.2 Å². The Labute approximate surface area is 121 Å². The van der Waals surface area contributed by atoms with Gasteiger partial charge in [-0.15, -0.1) is 0 Å². The highest BCUT2D eigenvalue weighted by atomic mass is 32.2. The maximum absolute atomic E-state index is 12.6. The Morgan fingerprint density at radius 1 is 1.35 bits per heavy atom. The molecule has 112 valence electrons. The lowest BCUT2D eigenvalue weighted by atomic mass is 10.3. The SMILES string of the molecule is CCCOc1ccc(S(=O)(=O)N2CCNCC2C)cc1. The molecule has 0 saturated carbocycles. The zero-order chi connectivity index (χ0) is 14.6. The van der Waals surface area contributed by atoms with Gasteiger partial charge in [-0.2, -0.15) is 4.31 Å². The van der Waals surface area contributed by atoms with Gasteiger partial charge in [0.15, 0.2) is 0 Å². The third-order valence-corrected chi connectivity index (χ3v) is 5.37. The number of hydrogen-bond donors (Lipinski definition) is 1. The molecule has 0 aromatic heterocycles. The summed E-state index contributed by atoms with van der Waals surface area (Å²) in [4.78, 5) is 0.329. The zero-order valence-corrected chi connectivity index (χ0v) is 12.8.